The Bertz CT molecular complexity index is 796. The maximum absolute atomic E-state index is 11.7. The number of aromatic nitrogens is 3. The van der Waals surface area contributed by atoms with E-state index in [1.165, 1.54) is 10.6 Å². The van der Waals surface area contributed by atoms with Gasteiger partial charge in [-0.25, -0.2) is 12.7 Å². The van der Waals surface area contributed by atoms with E-state index in [9.17, 15) is 8.42 Å². The SMILES string of the molecule is Cc1noc(C)c1-c1nccnc1C[C@H]1CCN(S(C)(=O)=O)C1. The van der Waals surface area contributed by atoms with Gasteiger partial charge in [-0.05, 0) is 32.6 Å². The average molecular weight is 336 g/mol. The molecule has 2 aromatic rings. The Labute approximate surface area is 135 Å². The largest absolute Gasteiger partial charge is 0.361 e. The third kappa shape index (κ3) is 3.28. The quantitative estimate of drug-likeness (QED) is 0.842. The van der Waals surface area contributed by atoms with E-state index in [0.29, 0.717) is 25.3 Å². The van der Waals surface area contributed by atoms with Crippen LogP contribution in [-0.2, 0) is 16.4 Å². The van der Waals surface area contributed by atoms with Crippen LogP contribution in [-0.4, -0.2) is 47.2 Å². The molecule has 0 saturated carbocycles. The van der Waals surface area contributed by atoms with Crippen LogP contribution in [0, 0.1) is 19.8 Å². The number of aryl methyl sites for hydroxylation is 2. The van der Waals surface area contributed by atoms with E-state index in [1.807, 2.05) is 13.8 Å². The fourth-order valence-electron chi connectivity index (χ4n) is 3.08. The first kappa shape index (κ1) is 16.1. The maximum Gasteiger partial charge on any atom is 0.211 e. The van der Waals surface area contributed by atoms with Gasteiger partial charge in [0.25, 0.3) is 0 Å². The first-order chi connectivity index (χ1) is 10.9. The highest BCUT2D eigenvalue weighted by Gasteiger charge is 2.30. The summed E-state index contributed by atoms with van der Waals surface area (Å²) in [5, 5.41) is 3.98. The lowest BCUT2D eigenvalue weighted by Gasteiger charge is -2.14. The molecule has 1 fully saturated rings. The molecule has 0 aromatic carbocycles. The zero-order valence-corrected chi connectivity index (χ0v) is 14.3. The van der Waals surface area contributed by atoms with Crippen molar-refractivity contribution in [2.45, 2.75) is 26.7 Å². The van der Waals surface area contributed by atoms with Crippen molar-refractivity contribution in [2.24, 2.45) is 5.92 Å². The summed E-state index contributed by atoms with van der Waals surface area (Å²) >= 11 is 0. The Morgan fingerprint density at radius 1 is 1.30 bits per heavy atom. The van der Waals surface area contributed by atoms with Crippen molar-refractivity contribution in [1.29, 1.82) is 0 Å². The monoisotopic (exact) mass is 336 g/mol. The highest BCUT2D eigenvalue weighted by molar-refractivity contribution is 7.88. The summed E-state index contributed by atoms with van der Waals surface area (Å²) in [6.07, 6.45) is 6.11. The highest BCUT2D eigenvalue weighted by Crippen LogP contribution is 2.30. The average Bonchev–Trinajstić information content (AvgIpc) is 3.07. The Kier molecular flexibility index (Phi) is 4.20. The lowest BCUT2D eigenvalue weighted by Crippen LogP contribution is -2.27. The molecule has 1 saturated heterocycles. The molecule has 0 amide bonds. The number of nitrogens with zero attached hydrogens (tertiary/aromatic N) is 4. The zero-order chi connectivity index (χ0) is 16.6. The summed E-state index contributed by atoms with van der Waals surface area (Å²) in [4.78, 5) is 8.93. The van der Waals surface area contributed by atoms with Crippen molar-refractivity contribution in [3.8, 4) is 11.3 Å². The first-order valence-corrected chi connectivity index (χ1v) is 9.39. The molecule has 23 heavy (non-hydrogen) atoms. The fourth-order valence-corrected chi connectivity index (χ4v) is 4.00. The van der Waals surface area contributed by atoms with Gasteiger partial charge in [0.2, 0.25) is 10.0 Å². The Balaban J connectivity index is 1.86. The van der Waals surface area contributed by atoms with Crippen LogP contribution in [0.3, 0.4) is 0 Å². The number of sulfonamides is 1. The van der Waals surface area contributed by atoms with E-state index in [4.69, 9.17) is 4.52 Å². The van der Waals surface area contributed by atoms with Gasteiger partial charge in [-0.3, -0.25) is 9.97 Å². The lowest BCUT2D eigenvalue weighted by molar-refractivity contribution is 0.393. The molecule has 124 valence electrons. The minimum atomic E-state index is -3.12. The molecule has 7 nitrogen and oxygen atoms in total. The number of hydrogen-bond donors (Lipinski definition) is 0. The van der Waals surface area contributed by atoms with Crippen molar-refractivity contribution in [3.63, 3.8) is 0 Å². The normalized spacial score (nSPS) is 19.3. The summed E-state index contributed by atoms with van der Waals surface area (Å²) < 4.78 is 30.1. The molecule has 3 rings (SSSR count). The van der Waals surface area contributed by atoms with Crippen LogP contribution >= 0.6 is 0 Å². The van der Waals surface area contributed by atoms with E-state index >= 15 is 0 Å². The van der Waals surface area contributed by atoms with Crippen molar-refractivity contribution in [3.05, 3.63) is 29.5 Å². The first-order valence-electron chi connectivity index (χ1n) is 7.54. The smallest absolute Gasteiger partial charge is 0.211 e. The van der Waals surface area contributed by atoms with E-state index in [1.54, 1.807) is 12.4 Å². The zero-order valence-electron chi connectivity index (χ0n) is 13.5. The van der Waals surface area contributed by atoms with Gasteiger partial charge >= 0.3 is 0 Å². The van der Waals surface area contributed by atoms with Crippen LogP contribution in [0.2, 0.25) is 0 Å². The van der Waals surface area contributed by atoms with Gasteiger partial charge in [-0.1, -0.05) is 5.16 Å². The molecule has 0 unspecified atom stereocenters. The maximum atomic E-state index is 11.7. The number of hydrogen-bond acceptors (Lipinski definition) is 6. The predicted octanol–water partition coefficient (Wildman–Crippen LogP) is 1.57. The van der Waals surface area contributed by atoms with Crippen LogP contribution in [0.15, 0.2) is 16.9 Å². The van der Waals surface area contributed by atoms with E-state index in [0.717, 1.165) is 29.1 Å². The Morgan fingerprint density at radius 3 is 2.65 bits per heavy atom. The summed E-state index contributed by atoms with van der Waals surface area (Å²) in [5.41, 5.74) is 3.31. The molecule has 1 atom stereocenters. The van der Waals surface area contributed by atoms with Gasteiger partial charge in [0, 0.05) is 25.5 Å². The predicted molar refractivity (Wildman–Crippen MR) is 85.2 cm³/mol. The van der Waals surface area contributed by atoms with E-state index in [2.05, 4.69) is 15.1 Å². The fraction of sp³-hybridized carbons (Fsp3) is 0.533. The molecule has 1 aliphatic rings. The van der Waals surface area contributed by atoms with Gasteiger partial charge in [0.15, 0.2) is 0 Å². The lowest BCUT2D eigenvalue weighted by atomic mass is 9.98. The Hall–Kier alpha value is -1.80. The Morgan fingerprint density at radius 2 is 2.04 bits per heavy atom. The third-order valence-electron chi connectivity index (χ3n) is 4.24. The molecular weight excluding hydrogens is 316 g/mol. The van der Waals surface area contributed by atoms with Gasteiger partial charge in [0.1, 0.15) is 5.76 Å². The van der Waals surface area contributed by atoms with Crippen molar-refractivity contribution in [2.75, 3.05) is 19.3 Å². The van der Waals surface area contributed by atoms with Crippen molar-refractivity contribution >= 4 is 10.0 Å². The third-order valence-corrected chi connectivity index (χ3v) is 5.51. The van der Waals surface area contributed by atoms with Crippen LogP contribution in [0.5, 0.6) is 0 Å². The molecule has 0 N–H and O–H groups in total. The van der Waals surface area contributed by atoms with Crippen LogP contribution < -0.4 is 0 Å². The molecule has 0 aliphatic carbocycles. The second-order valence-corrected chi connectivity index (χ2v) is 8.01. The van der Waals surface area contributed by atoms with Crippen molar-refractivity contribution < 1.29 is 12.9 Å². The number of rotatable bonds is 4. The van der Waals surface area contributed by atoms with Gasteiger partial charge < -0.3 is 4.52 Å². The molecule has 0 spiro atoms. The molecule has 2 aromatic heterocycles. The second kappa shape index (κ2) is 6.01. The highest BCUT2D eigenvalue weighted by atomic mass is 32.2. The molecule has 8 heteroatoms. The standard InChI is InChI=1S/C15H20N4O3S/c1-10-14(11(2)22-18-10)15-13(16-5-6-17-15)8-12-4-7-19(9-12)23(3,20)21/h5-6,12H,4,7-9H2,1-3H3/t12-/m1/s1. The second-order valence-electron chi connectivity index (χ2n) is 6.03. The van der Waals surface area contributed by atoms with E-state index in [-0.39, 0.29) is 5.92 Å². The topological polar surface area (TPSA) is 89.2 Å². The van der Waals surface area contributed by atoms with Crippen LogP contribution in [0.4, 0.5) is 0 Å². The summed E-state index contributed by atoms with van der Waals surface area (Å²) in [5.74, 6) is 0.967. The van der Waals surface area contributed by atoms with Crippen LogP contribution in [0.25, 0.3) is 11.3 Å². The minimum Gasteiger partial charge on any atom is -0.361 e. The van der Waals surface area contributed by atoms with Crippen molar-refractivity contribution in [1.82, 2.24) is 19.4 Å². The molecule has 1 aliphatic heterocycles. The molecule has 0 bridgehead atoms. The summed E-state index contributed by atoms with van der Waals surface area (Å²) in [6.45, 7) is 4.85. The van der Waals surface area contributed by atoms with Gasteiger partial charge in [-0.2, -0.15) is 0 Å². The summed E-state index contributed by atoms with van der Waals surface area (Å²) in [7, 11) is -3.12. The molecule has 3 heterocycles. The molecule has 0 radical (unpaired) electrons. The van der Waals surface area contributed by atoms with Crippen LogP contribution in [0.1, 0.15) is 23.6 Å². The van der Waals surface area contributed by atoms with E-state index < -0.39 is 10.0 Å². The van der Waals surface area contributed by atoms with Gasteiger partial charge in [-0.15, -0.1) is 0 Å². The minimum absolute atomic E-state index is 0.251. The van der Waals surface area contributed by atoms with Gasteiger partial charge in [0.05, 0.1) is 28.9 Å². The molecular formula is C15H20N4O3S. The summed E-state index contributed by atoms with van der Waals surface area (Å²) in [6, 6.07) is 0.